The second-order valence-corrected chi connectivity index (χ2v) is 13.2. The second kappa shape index (κ2) is 39.7. The lowest BCUT2D eigenvalue weighted by molar-refractivity contribution is -0.149. The molecule has 0 bridgehead atoms. The van der Waals surface area contributed by atoms with Gasteiger partial charge >= 0.3 is 11.9 Å². The minimum absolute atomic E-state index is 0.0129. The highest BCUT2D eigenvalue weighted by atomic mass is 16.7. The summed E-state index contributed by atoms with van der Waals surface area (Å²) in [5.74, 6) is 4.08. The van der Waals surface area contributed by atoms with Crippen LogP contribution in [-0.4, -0.2) is 17.0 Å². The number of hydrogen-bond acceptors (Lipinski definition) is 4. The summed E-state index contributed by atoms with van der Waals surface area (Å²) in [7, 11) is 0. The summed E-state index contributed by atoms with van der Waals surface area (Å²) in [5.41, 5.74) is 0. The van der Waals surface area contributed by atoms with Crippen LogP contribution in [0.4, 0.5) is 0 Å². The Bertz CT molecular complexity index is 595. The van der Waals surface area contributed by atoms with Gasteiger partial charge in [0, 0.05) is 6.08 Å². The van der Waals surface area contributed by atoms with E-state index < -0.39 is 5.97 Å². The van der Waals surface area contributed by atoms with Crippen LogP contribution in [0.2, 0.25) is 0 Å². The fraction of sp³-hybridized carbons (Fsp3) is 0.897. The molecule has 0 heterocycles. The first-order valence-electron chi connectivity index (χ1n) is 19.3. The fourth-order valence-corrected chi connectivity index (χ4v) is 6.00. The van der Waals surface area contributed by atoms with Crippen LogP contribution in [0.5, 0.6) is 0 Å². The molecule has 0 aromatic carbocycles. The average Bonchev–Trinajstić information content (AvgIpc) is 3.03. The lowest BCUT2D eigenvalue weighted by Crippen LogP contribution is -2.21. The van der Waals surface area contributed by atoms with Crippen molar-refractivity contribution in [3.63, 3.8) is 0 Å². The summed E-state index contributed by atoms with van der Waals surface area (Å²) in [6.07, 6.45) is 44.0. The molecule has 0 spiro atoms. The third-order valence-corrected chi connectivity index (χ3v) is 8.94. The molecule has 0 aliphatic heterocycles. The topological polar surface area (TPSA) is 89.6 Å². The van der Waals surface area contributed by atoms with Gasteiger partial charge in [-0.05, 0) is 12.8 Å². The third-order valence-electron chi connectivity index (χ3n) is 8.94. The second-order valence-electron chi connectivity index (χ2n) is 13.2. The van der Waals surface area contributed by atoms with Gasteiger partial charge in [0.1, 0.15) is 0 Å². The van der Waals surface area contributed by atoms with E-state index in [4.69, 9.17) is 11.0 Å². The van der Waals surface area contributed by atoms with Crippen molar-refractivity contribution in [1.29, 1.82) is 0 Å². The Hall–Kier alpha value is -1.36. The van der Waals surface area contributed by atoms with Crippen LogP contribution in [0.15, 0.2) is 12.7 Å². The first kappa shape index (κ1) is 44.8. The van der Waals surface area contributed by atoms with Crippen LogP contribution >= 0.6 is 0 Å². The van der Waals surface area contributed by atoms with E-state index in [-0.39, 0.29) is 11.9 Å². The van der Waals surface area contributed by atoms with Crippen molar-refractivity contribution in [2.45, 2.75) is 219 Å². The molecular weight excluding hydrogens is 546 g/mol. The summed E-state index contributed by atoms with van der Waals surface area (Å²) < 4.78 is 0. The maximum atomic E-state index is 12.1. The highest BCUT2D eigenvalue weighted by molar-refractivity contribution is 5.78. The van der Waals surface area contributed by atoms with Gasteiger partial charge in [-0.15, -0.1) is 0 Å². The van der Waals surface area contributed by atoms with Crippen molar-refractivity contribution in [1.82, 2.24) is 0 Å². The minimum Gasteiger partial charge on any atom is -0.478 e. The molecule has 0 aromatic rings. The number of carbonyl (C=O) groups is 2. The zero-order valence-corrected chi connectivity index (χ0v) is 29.7. The summed E-state index contributed by atoms with van der Waals surface area (Å²) in [5, 5.41) is 7.60. The molecule has 3 N–H and O–H groups in total. The first-order valence-corrected chi connectivity index (χ1v) is 19.3. The number of hydrogen-bond donors (Lipinski definition) is 2. The van der Waals surface area contributed by atoms with Crippen molar-refractivity contribution in [3.05, 3.63) is 12.7 Å². The van der Waals surface area contributed by atoms with Gasteiger partial charge in [-0.25, -0.2) is 4.79 Å². The van der Waals surface area contributed by atoms with Gasteiger partial charge in [-0.3, -0.25) is 4.79 Å². The Morgan fingerprint density at radius 1 is 0.523 bits per heavy atom. The lowest BCUT2D eigenvalue weighted by atomic mass is 9.94. The Labute approximate surface area is 274 Å². The molecule has 0 aromatic heterocycles. The molecule has 0 aliphatic rings. The molecule has 0 radical (unpaired) electrons. The predicted molar refractivity (Wildman–Crippen MR) is 191 cm³/mol. The van der Waals surface area contributed by atoms with Crippen LogP contribution in [0, 0.1) is 5.92 Å². The zero-order chi connectivity index (χ0) is 32.8. The summed E-state index contributed by atoms with van der Waals surface area (Å²) in [6.45, 7) is 7.54. The van der Waals surface area contributed by atoms with Gasteiger partial charge in [-0.1, -0.05) is 213 Å². The fourth-order valence-electron chi connectivity index (χ4n) is 6.00. The Kier molecular flexibility index (Phi) is 40.4. The highest BCUT2D eigenvalue weighted by Crippen LogP contribution is 2.21. The average molecular weight is 624 g/mol. The zero-order valence-electron chi connectivity index (χ0n) is 29.7. The molecule has 5 heteroatoms. The van der Waals surface area contributed by atoms with Gasteiger partial charge in [0.2, 0.25) is 0 Å². The van der Waals surface area contributed by atoms with Gasteiger partial charge < -0.3 is 9.94 Å². The van der Waals surface area contributed by atoms with Crippen LogP contribution in [-0.2, 0) is 14.4 Å². The summed E-state index contributed by atoms with van der Waals surface area (Å²) in [6, 6.07) is 0. The van der Waals surface area contributed by atoms with E-state index in [1.807, 2.05) is 0 Å². The highest BCUT2D eigenvalue weighted by Gasteiger charge is 2.18. The third kappa shape index (κ3) is 38.7. The summed E-state index contributed by atoms with van der Waals surface area (Å²) in [4.78, 5) is 26.0. The molecule has 0 aliphatic carbocycles. The molecule has 0 saturated carbocycles. The molecule has 1 atom stereocenters. The van der Waals surface area contributed by atoms with E-state index in [0.717, 1.165) is 31.8 Å². The van der Waals surface area contributed by atoms with E-state index in [1.165, 1.54) is 180 Å². The molecule has 5 nitrogen and oxygen atoms in total. The van der Waals surface area contributed by atoms with Gasteiger partial charge in [0.15, 0.2) is 0 Å². The van der Waals surface area contributed by atoms with E-state index in [2.05, 4.69) is 25.3 Å². The van der Waals surface area contributed by atoms with Crippen molar-refractivity contribution in [2.75, 3.05) is 0 Å². The number of carboxylic acid groups (broad SMARTS) is 1. The molecule has 262 valence electrons. The summed E-state index contributed by atoms with van der Waals surface area (Å²) >= 11 is 0. The Morgan fingerprint density at radius 3 is 0.909 bits per heavy atom. The number of carbonyl (C=O) groups excluding carboxylic acids is 1. The predicted octanol–water partition coefficient (Wildman–Crippen LogP) is 12.8. The Balaban J connectivity index is 0. The van der Waals surface area contributed by atoms with E-state index in [0.29, 0.717) is 0 Å². The number of aliphatic carboxylic acids is 1. The molecule has 1 unspecified atom stereocenters. The molecular formula is C39H77NO4. The maximum absolute atomic E-state index is 12.1. The number of nitrogens with two attached hydrogens (primary N) is 1. The quantitative estimate of drug-likeness (QED) is 0.0423. The normalized spacial score (nSPS) is 11.5. The lowest BCUT2D eigenvalue weighted by Gasteiger charge is -2.14. The monoisotopic (exact) mass is 624 g/mol. The van der Waals surface area contributed by atoms with Crippen molar-refractivity contribution in [3.8, 4) is 0 Å². The van der Waals surface area contributed by atoms with Gasteiger partial charge in [-0.2, -0.15) is 5.90 Å². The van der Waals surface area contributed by atoms with E-state index in [1.54, 1.807) is 0 Å². The van der Waals surface area contributed by atoms with E-state index in [9.17, 15) is 9.59 Å². The maximum Gasteiger partial charge on any atom is 0.327 e. The van der Waals surface area contributed by atoms with Gasteiger partial charge in [0.05, 0.1) is 5.92 Å². The standard InChI is InChI=1S/C36H73NO2.C3H4O2/c1-3-5-7-9-11-13-15-17-19-20-22-24-26-28-30-32-34-35(36(38)39-37)33-31-29-27-25-23-21-18-16-14-12-10-8-6-4-2;1-2-3(4)5/h35H,3-34,37H2,1-2H3;2H,1H2,(H,4,5). The van der Waals surface area contributed by atoms with Gasteiger partial charge in [0.25, 0.3) is 0 Å². The van der Waals surface area contributed by atoms with Crippen LogP contribution in [0.1, 0.15) is 219 Å². The number of unbranched alkanes of at least 4 members (excludes halogenated alkanes) is 28. The van der Waals surface area contributed by atoms with E-state index >= 15 is 0 Å². The van der Waals surface area contributed by atoms with Crippen molar-refractivity contribution < 1.29 is 19.5 Å². The van der Waals surface area contributed by atoms with Crippen LogP contribution in [0.3, 0.4) is 0 Å². The van der Waals surface area contributed by atoms with Crippen molar-refractivity contribution >= 4 is 11.9 Å². The molecule has 44 heavy (non-hydrogen) atoms. The van der Waals surface area contributed by atoms with Crippen LogP contribution < -0.4 is 5.90 Å². The smallest absolute Gasteiger partial charge is 0.327 e. The molecule has 0 fully saturated rings. The van der Waals surface area contributed by atoms with Crippen LogP contribution in [0.25, 0.3) is 0 Å². The largest absolute Gasteiger partial charge is 0.478 e. The molecule has 0 saturated heterocycles. The molecule has 0 rings (SSSR count). The minimum atomic E-state index is -0.981. The van der Waals surface area contributed by atoms with Crippen molar-refractivity contribution in [2.24, 2.45) is 11.8 Å². The molecule has 0 amide bonds. The Morgan fingerprint density at radius 2 is 0.727 bits per heavy atom. The SMILES string of the molecule is C=CC(=O)O.CCCCCCCCCCCCCCCCCCC(CCCCCCCCCCCCCCCC)C(=O)ON. The number of carboxylic acids is 1. The number of rotatable bonds is 34. The first-order chi connectivity index (χ1) is 21.5.